The number of alkyl halides is 3. The first kappa shape index (κ1) is 15.7. The SMILES string of the molecule is N#Cc1ccc(N2CC3C([C@@H]4CC[C@H]3O4)S2(=O)=O)cc1C(F)(F)F. The Hall–Kier alpha value is -1.79. The summed E-state index contributed by atoms with van der Waals surface area (Å²) in [5.74, 6) is -0.210. The highest BCUT2D eigenvalue weighted by Gasteiger charge is 2.61. The van der Waals surface area contributed by atoms with Crippen molar-refractivity contribution in [1.29, 1.82) is 5.26 Å². The molecular formula is C15H13F3N2O3S. The van der Waals surface area contributed by atoms with Gasteiger partial charge in [0, 0.05) is 12.5 Å². The number of hydrogen-bond donors (Lipinski definition) is 0. The third kappa shape index (κ3) is 2.06. The molecule has 0 aliphatic carbocycles. The molecule has 3 heterocycles. The van der Waals surface area contributed by atoms with Crippen molar-refractivity contribution in [1.82, 2.24) is 0 Å². The number of rotatable bonds is 1. The second-order valence-electron chi connectivity index (χ2n) is 6.33. The van der Waals surface area contributed by atoms with Gasteiger partial charge in [-0.25, -0.2) is 8.42 Å². The quantitative estimate of drug-likeness (QED) is 0.772. The average molecular weight is 358 g/mol. The fourth-order valence-corrected chi connectivity index (χ4v) is 6.45. The summed E-state index contributed by atoms with van der Waals surface area (Å²) < 4.78 is 71.6. The highest BCUT2D eigenvalue weighted by molar-refractivity contribution is 7.93. The summed E-state index contributed by atoms with van der Waals surface area (Å²) in [4.78, 5) is 0. The molecule has 0 N–H and O–H groups in total. The molecule has 9 heteroatoms. The molecule has 3 saturated heterocycles. The first-order valence-corrected chi connectivity index (χ1v) is 9.02. The molecule has 1 aromatic rings. The zero-order chi connectivity index (χ0) is 17.3. The Kier molecular flexibility index (Phi) is 3.19. The van der Waals surface area contributed by atoms with Crippen LogP contribution in [-0.2, 0) is 20.9 Å². The van der Waals surface area contributed by atoms with Gasteiger partial charge >= 0.3 is 6.18 Å². The molecule has 2 unspecified atom stereocenters. The van der Waals surface area contributed by atoms with Gasteiger partial charge in [0.1, 0.15) is 5.25 Å². The van der Waals surface area contributed by atoms with Crippen LogP contribution in [0.25, 0.3) is 0 Å². The van der Waals surface area contributed by atoms with Crippen molar-refractivity contribution in [3.63, 3.8) is 0 Å². The normalized spacial score (nSPS) is 33.5. The maximum Gasteiger partial charge on any atom is 0.417 e. The Morgan fingerprint density at radius 2 is 1.96 bits per heavy atom. The number of benzene rings is 1. The third-order valence-electron chi connectivity index (χ3n) is 5.10. The molecular weight excluding hydrogens is 345 g/mol. The van der Waals surface area contributed by atoms with E-state index in [0.717, 1.165) is 22.9 Å². The van der Waals surface area contributed by atoms with Crippen LogP contribution < -0.4 is 4.31 Å². The van der Waals surface area contributed by atoms with E-state index in [-0.39, 0.29) is 30.4 Å². The molecule has 0 radical (unpaired) electrons. The van der Waals surface area contributed by atoms with Crippen molar-refractivity contribution < 1.29 is 26.3 Å². The summed E-state index contributed by atoms with van der Waals surface area (Å²) in [5, 5.41) is 8.17. The molecule has 3 aliphatic rings. The Bertz CT molecular complexity index is 847. The van der Waals surface area contributed by atoms with E-state index in [1.165, 1.54) is 12.1 Å². The minimum atomic E-state index is -4.72. The lowest BCUT2D eigenvalue weighted by Crippen LogP contribution is -2.36. The average Bonchev–Trinajstić information content (AvgIpc) is 3.18. The molecule has 24 heavy (non-hydrogen) atoms. The summed E-state index contributed by atoms with van der Waals surface area (Å²) in [5.41, 5.74) is -1.68. The third-order valence-corrected chi connectivity index (χ3v) is 7.41. The van der Waals surface area contributed by atoms with Gasteiger partial charge in [-0.2, -0.15) is 18.4 Å². The molecule has 3 aliphatic heterocycles. The second-order valence-corrected chi connectivity index (χ2v) is 8.35. The van der Waals surface area contributed by atoms with Gasteiger partial charge in [-0.15, -0.1) is 0 Å². The number of ether oxygens (including phenoxy) is 1. The minimum Gasteiger partial charge on any atom is -0.373 e. The zero-order valence-electron chi connectivity index (χ0n) is 12.3. The first-order chi connectivity index (χ1) is 11.2. The van der Waals surface area contributed by atoms with E-state index in [2.05, 4.69) is 0 Å². The molecule has 3 fully saturated rings. The number of anilines is 1. The first-order valence-electron chi connectivity index (χ1n) is 7.52. The molecule has 0 aromatic heterocycles. The Morgan fingerprint density at radius 1 is 1.25 bits per heavy atom. The van der Waals surface area contributed by atoms with Gasteiger partial charge in [-0.05, 0) is 31.0 Å². The standard InChI is InChI=1S/C15H13F3N2O3S/c16-15(17,18)11-5-9(2-1-8(11)6-19)20-7-10-12-3-4-13(23-12)14(10)24(20,21)22/h1-2,5,10,12-14H,3-4,7H2/t10?,12-,13+,14?/m1/s1. The van der Waals surface area contributed by atoms with Gasteiger partial charge < -0.3 is 4.74 Å². The van der Waals surface area contributed by atoms with Crippen LogP contribution in [0.5, 0.6) is 0 Å². The predicted molar refractivity (Wildman–Crippen MR) is 77.6 cm³/mol. The second kappa shape index (κ2) is 4.86. The van der Waals surface area contributed by atoms with Crippen LogP contribution in [0, 0.1) is 17.2 Å². The zero-order valence-corrected chi connectivity index (χ0v) is 13.1. The van der Waals surface area contributed by atoms with E-state index in [4.69, 9.17) is 10.00 Å². The summed E-state index contributed by atoms with van der Waals surface area (Å²) in [6.07, 6.45) is -3.77. The molecule has 5 nitrogen and oxygen atoms in total. The summed E-state index contributed by atoms with van der Waals surface area (Å²) in [6.45, 7) is 0.122. The summed E-state index contributed by atoms with van der Waals surface area (Å²) in [7, 11) is -3.77. The summed E-state index contributed by atoms with van der Waals surface area (Å²) >= 11 is 0. The summed E-state index contributed by atoms with van der Waals surface area (Å²) in [6, 6.07) is 4.53. The maximum atomic E-state index is 13.1. The smallest absolute Gasteiger partial charge is 0.373 e. The molecule has 0 saturated carbocycles. The lowest BCUT2D eigenvalue weighted by molar-refractivity contribution is -0.137. The number of hydrogen-bond acceptors (Lipinski definition) is 4. The van der Waals surface area contributed by atoms with Gasteiger partial charge in [0.2, 0.25) is 10.0 Å². The topological polar surface area (TPSA) is 70.4 Å². The lowest BCUT2D eigenvalue weighted by atomic mass is 9.89. The fraction of sp³-hybridized carbons (Fsp3) is 0.533. The van der Waals surface area contributed by atoms with E-state index >= 15 is 0 Å². The lowest BCUT2D eigenvalue weighted by Gasteiger charge is -2.22. The molecule has 0 amide bonds. The van der Waals surface area contributed by atoms with Crippen molar-refractivity contribution in [2.45, 2.75) is 36.5 Å². The van der Waals surface area contributed by atoms with Gasteiger partial charge in [-0.1, -0.05) is 0 Å². The van der Waals surface area contributed by atoms with E-state index in [1.807, 2.05) is 0 Å². The molecule has 128 valence electrons. The largest absolute Gasteiger partial charge is 0.417 e. The van der Waals surface area contributed by atoms with Crippen LogP contribution in [0.1, 0.15) is 24.0 Å². The van der Waals surface area contributed by atoms with Crippen LogP contribution in [-0.4, -0.2) is 32.4 Å². The predicted octanol–water partition coefficient (Wildman–Crippen LogP) is 2.27. The Balaban J connectivity index is 1.77. The molecule has 0 spiro atoms. The molecule has 4 atom stereocenters. The monoisotopic (exact) mass is 358 g/mol. The molecule has 2 bridgehead atoms. The Morgan fingerprint density at radius 3 is 2.58 bits per heavy atom. The fourth-order valence-electron chi connectivity index (χ4n) is 4.08. The van der Waals surface area contributed by atoms with Crippen LogP contribution in [0.4, 0.5) is 18.9 Å². The van der Waals surface area contributed by atoms with Crippen LogP contribution in [0.3, 0.4) is 0 Å². The minimum absolute atomic E-state index is 0.0462. The Labute approximate surface area is 136 Å². The van der Waals surface area contributed by atoms with Crippen LogP contribution >= 0.6 is 0 Å². The number of halogens is 3. The number of nitrogens with zero attached hydrogens (tertiary/aromatic N) is 2. The highest BCUT2D eigenvalue weighted by atomic mass is 32.2. The van der Waals surface area contributed by atoms with Gasteiger partial charge in [-0.3, -0.25) is 4.31 Å². The van der Waals surface area contributed by atoms with Gasteiger partial charge in [0.15, 0.2) is 0 Å². The van der Waals surface area contributed by atoms with Gasteiger partial charge in [0.25, 0.3) is 0 Å². The van der Waals surface area contributed by atoms with E-state index in [0.29, 0.717) is 6.42 Å². The van der Waals surface area contributed by atoms with Crippen molar-refractivity contribution in [2.24, 2.45) is 5.92 Å². The van der Waals surface area contributed by atoms with Crippen LogP contribution in [0.15, 0.2) is 18.2 Å². The van der Waals surface area contributed by atoms with Crippen LogP contribution in [0.2, 0.25) is 0 Å². The van der Waals surface area contributed by atoms with Crippen molar-refractivity contribution in [3.05, 3.63) is 29.3 Å². The molecule has 1 aromatic carbocycles. The van der Waals surface area contributed by atoms with Gasteiger partial charge in [0.05, 0.1) is 35.1 Å². The van der Waals surface area contributed by atoms with E-state index in [9.17, 15) is 21.6 Å². The number of sulfonamides is 1. The van der Waals surface area contributed by atoms with Crippen molar-refractivity contribution in [3.8, 4) is 6.07 Å². The maximum absolute atomic E-state index is 13.1. The molecule has 4 rings (SSSR count). The van der Waals surface area contributed by atoms with E-state index in [1.54, 1.807) is 0 Å². The highest BCUT2D eigenvalue weighted by Crippen LogP contribution is 2.49. The number of nitriles is 1. The van der Waals surface area contributed by atoms with Crippen molar-refractivity contribution in [2.75, 3.05) is 10.8 Å². The van der Waals surface area contributed by atoms with E-state index < -0.39 is 32.6 Å². The van der Waals surface area contributed by atoms with Crippen molar-refractivity contribution >= 4 is 15.7 Å². The number of fused-ring (bicyclic) bond motifs is 5.